The van der Waals surface area contributed by atoms with E-state index in [1.807, 2.05) is 18.2 Å². The number of hydrogen-bond acceptors (Lipinski definition) is 2. The molecule has 0 spiro atoms. The summed E-state index contributed by atoms with van der Waals surface area (Å²) in [5.74, 6) is 5.34. The highest BCUT2D eigenvalue weighted by atomic mass is 79.9. The van der Waals surface area contributed by atoms with Crippen LogP contribution in [0.25, 0.3) is 0 Å². The van der Waals surface area contributed by atoms with Crippen LogP contribution in [0.5, 0.6) is 0 Å². The molecule has 0 saturated carbocycles. The van der Waals surface area contributed by atoms with Crippen LogP contribution in [0.3, 0.4) is 0 Å². The van der Waals surface area contributed by atoms with Crippen molar-refractivity contribution < 1.29 is 0 Å². The van der Waals surface area contributed by atoms with Gasteiger partial charge in [-0.05, 0) is 18.1 Å². The van der Waals surface area contributed by atoms with E-state index in [2.05, 4.69) is 34.0 Å². The van der Waals surface area contributed by atoms with Gasteiger partial charge in [0.15, 0.2) is 0 Å². The number of nitrogens with one attached hydrogen (secondary N) is 1. The van der Waals surface area contributed by atoms with Gasteiger partial charge in [-0.25, -0.2) is 0 Å². The highest BCUT2D eigenvalue weighted by Gasteiger charge is 2.04. The molecule has 0 aromatic heterocycles. The summed E-state index contributed by atoms with van der Waals surface area (Å²) in [6, 6.07) is 8.21. The van der Waals surface area contributed by atoms with Crippen molar-refractivity contribution in [2.75, 3.05) is 0 Å². The summed E-state index contributed by atoms with van der Waals surface area (Å²) >= 11 is 3.48. The van der Waals surface area contributed by atoms with Gasteiger partial charge in [0.2, 0.25) is 0 Å². The number of nitrogens with two attached hydrogens (primary N) is 1. The first-order chi connectivity index (χ1) is 6.27. The van der Waals surface area contributed by atoms with E-state index in [1.165, 1.54) is 5.56 Å². The van der Waals surface area contributed by atoms with E-state index in [9.17, 15) is 0 Å². The van der Waals surface area contributed by atoms with Gasteiger partial charge in [-0.15, -0.1) is 6.58 Å². The number of benzene rings is 1. The molecule has 0 fully saturated rings. The van der Waals surface area contributed by atoms with Crippen molar-refractivity contribution in [3.8, 4) is 0 Å². The molecule has 1 unspecified atom stereocenters. The maximum absolute atomic E-state index is 5.34. The predicted molar refractivity (Wildman–Crippen MR) is 59.2 cm³/mol. The SMILES string of the molecule is C=CC(Cc1ccccc1Br)NN. The van der Waals surface area contributed by atoms with Crippen LogP contribution in [0.2, 0.25) is 0 Å². The van der Waals surface area contributed by atoms with Gasteiger partial charge in [0.25, 0.3) is 0 Å². The van der Waals surface area contributed by atoms with Crippen molar-refractivity contribution in [2.24, 2.45) is 5.84 Å². The standard InChI is InChI=1S/C10H13BrN2/c1-2-9(13-12)7-8-5-3-4-6-10(8)11/h2-6,9,13H,1,7,12H2. The van der Waals surface area contributed by atoms with Gasteiger partial charge in [-0.3, -0.25) is 11.3 Å². The first-order valence-corrected chi connectivity index (χ1v) is 4.89. The minimum Gasteiger partial charge on any atom is -0.271 e. The minimum atomic E-state index is 0.124. The molecule has 0 saturated heterocycles. The average molecular weight is 241 g/mol. The zero-order valence-corrected chi connectivity index (χ0v) is 8.92. The lowest BCUT2D eigenvalue weighted by molar-refractivity contribution is 0.617. The number of rotatable bonds is 4. The summed E-state index contributed by atoms with van der Waals surface area (Å²) in [6.07, 6.45) is 2.65. The first-order valence-electron chi connectivity index (χ1n) is 4.10. The Morgan fingerprint density at radius 2 is 2.23 bits per heavy atom. The molecule has 0 aliphatic heterocycles. The Bertz CT molecular complexity index is 286. The fraction of sp³-hybridized carbons (Fsp3) is 0.200. The Balaban J connectivity index is 2.73. The van der Waals surface area contributed by atoms with Crippen molar-refractivity contribution in [1.29, 1.82) is 0 Å². The van der Waals surface area contributed by atoms with Crippen LogP contribution in [-0.4, -0.2) is 6.04 Å². The molecule has 0 aliphatic rings. The normalized spacial score (nSPS) is 12.5. The Hall–Kier alpha value is -0.640. The predicted octanol–water partition coefficient (Wildman–Crippen LogP) is 2.01. The quantitative estimate of drug-likeness (QED) is 0.480. The molecule has 1 rings (SSSR count). The topological polar surface area (TPSA) is 38.0 Å². The minimum absolute atomic E-state index is 0.124. The van der Waals surface area contributed by atoms with E-state index in [0.29, 0.717) is 0 Å². The Labute approximate surface area is 86.9 Å². The molecule has 0 aliphatic carbocycles. The Kier molecular flexibility index (Phi) is 4.15. The molecule has 0 radical (unpaired) electrons. The molecule has 0 amide bonds. The molecule has 1 aromatic carbocycles. The highest BCUT2D eigenvalue weighted by Crippen LogP contribution is 2.17. The van der Waals surface area contributed by atoms with Gasteiger partial charge < -0.3 is 0 Å². The summed E-state index contributed by atoms with van der Waals surface area (Å²) in [5.41, 5.74) is 3.92. The monoisotopic (exact) mass is 240 g/mol. The summed E-state index contributed by atoms with van der Waals surface area (Å²) in [4.78, 5) is 0. The van der Waals surface area contributed by atoms with Crippen molar-refractivity contribution in [1.82, 2.24) is 5.43 Å². The molecule has 3 heteroatoms. The lowest BCUT2D eigenvalue weighted by Gasteiger charge is -2.11. The summed E-state index contributed by atoms with van der Waals surface area (Å²) < 4.78 is 1.11. The van der Waals surface area contributed by atoms with Gasteiger partial charge in [-0.1, -0.05) is 40.2 Å². The van der Waals surface area contributed by atoms with Crippen LogP contribution >= 0.6 is 15.9 Å². The third-order valence-corrected chi connectivity index (χ3v) is 2.67. The zero-order valence-electron chi connectivity index (χ0n) is 7.33. The lowest BCUT2D eigenvalue weighted by atomic mass is 10.1. The maximum Gasteiger partial charge on any atom is 0.0428 e. The molecular weight excluding hydrogens is 228 g/mol. The van der Waals surface area contributed by atoms with E-state index in [1.54, 1.807) is 6.08 Å². The fourth-order valence-electron chi connectivity index (χ4n) is 1.11. The summed E-state index contributed by atoms with van der Waals surface area (Å²) in [7, 11) is 0. The van der Waals surface area contributed by atoms with Gasteiger partial charge >= 0.3 is 0 Å². The van der Waals surface area contributed by atoms with Crippen molar-refractivity contribution in [3.63, 3.8) is 0 Å². The second-order valence-electron chi connectivity index (χ2n) is 2.80. The van der Waals surface area contributed by atoms with Crippen LogP contribution in [0, 0.1) is 0 Å². The maximum atomic E-state index is 5.34. The van der Waals surface area contributed by atoms with Crippen LogP contribution in [0.1, 0.15) is 5.56 Å². The van der Waals surface area contributed by atoms with Gasteiger partial charge in [0.05, 0.1) is 0 Å². The highest BCUT2D eigenvalue weighted by molar-refractivity contribution is 9.10. The molecule has 0 bridgehead atoms. The first kappa shape index (κ1) is 10.4. The Morgan fingerprint density at radius 3 is 2.77 bits per heavy atom. The molecule has 2 nitrogen and oxygen atoms in total. The summed E-state index contributed by atoms with van der Waals surface area (Å²) in [6.45, 7) is 3.70. The molecule has 0 heterocycles. The van der Waals surface area contributed by atoms with Crippen molar-refractivity contribution in [2.45, 2.75) is 12.5 Å². The van der Waals surface area contributed by atoms with E-state index in [0.717, 1.165) is 10.9 Å². The van der Waals surface area contributed by atoms with Crippen LogP contribution < -0.4 is 11.3 Å². The van der Waals surface area contributed by atoms with E-state index >= 15 is 0 Å². The third-order valence-electron chi connectivity index (χ3n) is 1.90. The van der Waals surface area contributed by atoms with E-state index < -0.39 is 0 Å². The Morgan fingerprint density at radius 1 is 1.54 bits per heavy atom. The number of hydrogen-bond donors (Lipinski definition) is 2. The van der Waals surface area contributed by atoms with E-state index in [-0.39, 0.29) is 6.04 Å². The molecular formula is C10H13BrN2. The second-order valence-corrected chi connectivity index (χ2v) is 3.66. The van der Waals surface area contributed by atoms with Gasteiger partial charge in [0, 0.05) is 10.5 Å². The van der Waals surface area contributed by atoms with E-state index in [4.69, 9.17) is 5.84 Å². The second kappa shape index (κ2) is 5.17. The molecule has 70 valence electrons. The van der Waals surface area contributed by atoms with Crippen molar-refractivity contribution >= 4 is 15.9 Å². The molecule has 1 atom stereocenters. The van der Waals surface area contributed by atoms with Gasteiger partial charge in [0.1, 0.15) is 0 Å². The summed E-state index contributed by atoms with van der Waals surface area (Å²) in [5, 5.41) is 0. The fourth-order valence-corrected chi connectivity index (χ4v) is 1.56. The third kappa shape index (κ3) is 2.95. The number of hydrazine groups is 1. The van der Waals surface area contributed by atoms with Gasteiger partial charge in [-0.2, -0.15) is 0 Å². The average Bonchev–Trinajstić information content (AvgIpc) is 2.17. The lowest BCUT2D eigenvalue weighted by Crippen LogP contribution is -2.34. The van der Waals surface area contributed by atoms with Crippen LogP contribution in [0.15, 0.2) is 41.4 Å². The van der Waals surface area contributed by atoms with Crippen LogP contribution in [-0.2, 0) is 6.42 Å². The molecule has 3 N–H and O–H groups in total. The number of halogens is 1. The largest absolute Gasteiger partial charge is 0.271 e. The smallest absolute Gasteiger partial charge is 0.0428 e. The zero-order chi connectivity index (χ0) is 9.68. The molecule has 13 heavy (non-hydrogen) atoms. The molecule has 1 aromatic rings. The van der Waals surface area contributed by atoms with Crippen LogP contribution in [0.4, 0.5) is 0 Å². The van der Waals surface area contributed by atoms with Crippen molar-refractivity contribution in [3.05, 3.63) is 47.0 Å².